The van der Waals surface area contributed by atoms with Crippen molar-refractivity contribution in [2.24, 2.45) is 0 Å². The van der Waals surface area contributed by atoms with Gasteiger partial charge in [-0.3, -0.25) is 0 Å². The molecule has 0 N–H and O–H groups in total. The van der Waals surface area contributed by atoms with Gasteiger partial charge in [0.1, 0.15) is 0 Å². The Morgan fingerprint density at radius 3 is 1.88 bits per heavy atom. The van der Waals surface area contributed by atoms with Gasteiger partial charge >= 0.3 is 0 Å². The Morgan fingerprint density at radius 2 is 1.17 bits per heavy atom. The van der Waals surface area contributed by atoms with Crippen LogP contribution in [0, 0.1) is 13.8 Å². The minimum atomic E-state index is 1.28. The molecular weight excluding hydrogens is 288 g/mol. The first kappa shape index (κ1) is 14.7. The van der Waals surface area contributed by atoms with Gasteiger partial charge in [0.25, 0.3) is 0 Å². The van der Waals surface area contributed by atoms with E-state index in [0.717, 1.165) is 0 Å². The lowest BCUT2D eigenvalue weighted by Gasteiger charge is -2.15. The second-order valence-electron chi connectivity index (χ2n) is 6.39. The first-order valence-electron chi connectivity index (χ1n) is 8.39. The van der Waals surface area contributed by atoms with Crippen molar-refractivity contribution in [3.8, 4) is 22.3 Å². The van der Waals surface area contributed by atoms with E-state index in [1.807, 2.05) is 0 Å². The first-order chi connectivity index (χ1) is 11.7. The second kappa shape index (κ2) is 5.98. The third kappa shape index (κ3) is 2.51. The SMILES string of the molecule is Cc1ccc(-c2cc(C)c(-c3ccccc3)c3ccccc23)cc1. The van der Waals surface area contributed by atoms with Gasteiger partial charge in [-0.05, 0) is 52.4 Å². The van der Waals surface area contributed by atoms with Gasteiger partial charge in [0.15, 0.2) is 0 Å². The van der Waals surface area contributed by atoms with Crippen LogP contribution in [0.4, 0.5) is 0 Å². The molecule has 0 spiro atoms. The van der Waals surface area contributed by atoms with E-state index < -0.39 is 0 Å². The zero-order chi connectivity index (χ0) is 16.5. The van der Waals surface area contributed by atoms with Crippen LogP contribution in [0.1, 0.15) is 11.1 Å². The van der Waals surface area contributed by atoms with E-state index in [0.29, 0.717) is 0 Å². The van der Waals surface area contributed by atoms with Crippen LogP contribution in [-0.2, 0) is 0 Å². The molecule has 0 radical (unpaired) electrons. The molecule has 24 heavy (non-hydrogen) atoms. The quantitative estimate of drug-likeness (QED) is 0.382. The molecule has 0 aliphatic carbocycles. The molecule has 0 bridgehead atoms. The van der Waals surface area contributed by atoms with Crippen molar-refractivity contribution in [1.29, 1.82) is 0 Å². The maximum Gasteiger partial charge on any atom is -0.00757 e. The first-order valence-corrected chi connectivity index (χ1v) is 8.39. The maximum absolute atomic E-state index is 2.33. The van der Waals surface area contributed by atoms with E-state index in [1.54, 1.807) is 0 Å². The Bertz CT molecular complexity index is 993. The highest BCUT2D eigenvalue weighted by Crippen LogP contribution is 2.38. The third-order valence-corrected chi connectivity index (χ3v) is 4.67. The van der Waals surface area contributed by atoms with Crippen molar-refractivity contribution in [2.75, 3.05) is 0 Å². The summed E-state index contributed by atoms with van der Waals surface area (Å²) in [6.07, 6.45) is 0. The minimum absolute atomic E-state index is 1.28. The number of rotatable bonds is 2. The average Bonchev–Trinajstić information content (AvgIpc) is 2.62. The molecular formula is C24H20. The number of hydrogen-bond donors (Lipinski definition) is 0. The Balaban J connectivity index is 2.04. The highest BCUT2D eigenvalue weighted by molar-refractivity contribution is 6.06. The predicted molar refractivity (Wildman–Crippen MR) is 104 cm³/mol. The summed E-state index contributed by atoms with van der Waals surface area (Å²) in [4.78, 5) is 0. The van der Waals surface area contributed by atoms with Crippen LogP contribution in [-0.4, -0.2) is 0 Å². The fourth-order valence-electron chi connectivity index (χ4n) is 3.47. The van der Waals surface area contributed by atoms with Crippen LogP contribution >= 0.6 is 0 Å². The van der Waals surface area contributed by atoms with Crippen LogP contribution in [0.3, 0.4) is 0 Å². The average molecular weight is 308 g/mol. The molecule has 4 rings (SSSR count). The fraction of sp³-hybridized carbons (Fsp3) is 0.0833. The molecule has 0 amide bonds. The molecule has 0 nitrogen and oxygen atoms in total. The van der Waals surface area contributed by atoms with E-state index in [1.165, 1.54) is 44.2 Å². The molecule has 0 aliphatic heterocycles. The summed E-state index contributed by atoms with van der Waals surface area (Å²) < 4.78 is 0. The summed E-state index contributed by atoms with van der Waals surface area (Å²) in [6.45, 7) is 4.35. The van der Waals surface area contributed by atoms with Gasteiger partial charge in [-0.2, -0.15) is 0 Å². The fourth-order valence-corrected chi connectivity index (χ4v) is 3.47. The summed E-state index contributed by atoms with van der Waals surface area (Å²) in [5.74, 6) is 0. The number of fused-ring (bicyclic) bond motifs is 1. The summed E-state index contributed by atoms with van der Waals surface area (Å²) in [5, 5.41) is 2.63. The van der Waals surface area contributed by atoms with E-state index in [-0.39, 0.29) is 0 Å². The highest BCUT2D eigenvalue weighted by atomic mass is 14.2. The van der Waals surface area contributed by atoms with Crippen LogP contribution in [0.25, 0.3) is 33.0 Å². The minimum Gasteiger partial charge on any atom is -0.0622 e. The summed E-state index contributed by atoms with van der Waals surface area (Å²) in [6, 6.07) is 30.6. The zero-order valence-electron chi connectivity index (χ0n) is 14.1. The topological polar surface area (TPSA) is 0 Å². The third-order valence-electron chi connectivity index (χ3n) is 4.67. The molecule has 0 atom stereocenters. The van der Waals surface area contributed by atoms with Crippen molar-refractivity contribution in [2.45, 2.75) is 13.8 Å². The van der Waals surface area contributed by atoms with E-state index >= 15 is 0 Å². The summed E-state index contributed by atoms with van der Waals surface area (Å²) in [7, 11) is 0. The lowest BCUT2D eigenvalue weighted by molar-refractivity contribution is 1.45. The van der Waals surface area contributed by atoms with Gasteiger partial charge in [0, 0.05) is 0 Å². The van der Waals surface area contributed by atoms with E-state index in [2.05, 4.69) is 98.8 Å². The second-order valence-corrected chi connectivity index (χ2v) is 6.39. The normalized spacial score (nSPS) is 10.9. The Morgan fingerprint density at radius 1 is 0.542 bits per heavy atom. The molecule has 4 aromatic carbocycles. The molecule has 0 unspecified atom stereocenters. The molecule has 0 aliphatic rings. The van der Waals surface area contributed by atoms with Crippen molar-refractivity contribution in [3.63, 3.8) is 0 Å². The summed E-state index contributed by atoms with van der Waals surface area (Å²) >= 11 is 0. The van der Waals surface area contributed by atoms with Gasteiger partial charge in [-0.15, -0.1) is 0 Å². The summed E-state index contributed by atoms with van der Waals surface area (Å²) in [5.41, 5.74) is 7.81. The molecule has 0 heterocycles. The van der Waals surface area contributed by atoms with Crippen LogP contribution in [0.2, 0.25) is 0 Å². The number of benzene rings is 4. The Labute approximate surface area is 143 Å². The van der Waals surface area contributed by atoms with E-state index in [9.17, 15) is 0 Å². The van der Waals surface area contributed by atoms with Gasteiger partial charge in [0.2, 0.25) is 0 Å². The molecule has 0 aromatic heterocycles. The lowest BCUT2D eigenvalue weighted by atomic mass is 9.88. The monoisotopic (exact) mass is 308 g/mol. The molecule has 0 heteroatoms. The Kier molecular flexibility index (Phi) is 3.66. The van der Waals surface area contributed by atoms with Crippen molar-refractivity contribution in [1.82, 2.24) is 0 Å². The molecule has 4 aromatic rings. The smallest absolute Gasteiger partial charge is 0.00757 e. The van der Waals surface area contributed by atoms with Gasteiger partial charge < -0.3 is 0 Å². The van der Waals surface area contributed by atoms with Crippen molar-refractivity contribution >= 4 is 10.8 Å². The van der Waals surface area contributed by atoms with Crippen molar-refractivity contribution < 1.29 is 0 Å². The Hall–Kier alpha value is -2.86. The number of aryl methyl sites for hydroxylation is 2. The van der Waals surface area contributed by atoms with Gasteiger partial charge in [-0.25, -0.2) is 0 Å². The van der Waals surface area contributed by atoms with Gasteiger partial charge in [-0.1, -0.05) is 90.5 Å². The van der Waals surface area contributed by atoms with E-state index in [4.69, 9.17) is 0 Å². The highest BCUT2D eigenvalue weighted by Gasteiger charge is 2.12. The van der Waals surface area contributed by atoms with Crippen LogP contribution in [0.5, 0.6) is 0 Å². The standard InChI is InChI=1S/C24H20/c1-17-12-14-19(15-13-17)23-16-18(2)24(20-8-4-3-5-9-20)22-11-7-6-10-21(22)23/h3-16H,1-2H3. The lowest BCUT2D eigenvalue weighted by Crippen LogP contribution is -1.90. The number of hydrogen-bond acceptors (Lipinski definition) is 0. The zero-order valence-corrected chi connectivity index (χ0v) is 14.1. The maximum atomic E-state index is 2.33. The predicted octanol–water partition coefficient (Wildman–Crippen LogP) is 6.79. The molecule has 0 fully saturated rings. The molecule has 0 saturated carbocycles. The van der Waals surface area contributed by atoms with Crippen LogP contribution in [0.15, 0.2) is 84.9 Å². The molecule has 0 saturated heterocycles. The van der Waals surface area contributed by atoms with Gasteiger partial charge in [0.05, 0.1) is 0 Å². The van der Waals surface area contributed by atoms with Crippen molar-refractivity contribution in [3.05, 3.63) is 96.1 Å². The van der Waals surface area contributed by atoms with Crippen LogP contribution < -0.4 is 0 Å². The molecule has 116 valence electrons. The largest absolute Gasteiger partial charge is 0.0622 e.